The first-order valence-electron chi connectivity index (χ1n) is 6.37. The van der Waals surface area contributed by atoms with Crippen molar-refractivity contribution >= 4 is 5.91 Å². The third kappa shape index (κ3) is 3.45. The van der Waals surface area contributed by atoms with Crippen LogP contribution in [0.1, 0.15) is 21.6 Å². The number of benzene rings is 1. The van der Waals surface area contributed by atoms with Crippen molar-refractivity contribution in [2.24, 2.45) is 5.73 Å². The van der Waals surface area contributed by atoms with E-state index in [1.165, 1.54) is 0 Å². The van der Waals surface area contributed by atoms with E-state index in [0.29, 0.717) is 18.7 Å². The molecule has 0 bridgehead atoms. The number of likely N-dealkylation sites (N-methyl/N-ethyl adjacent to an activating group) is 1. The lowest BCUT2D eigenvalue weighted by atomic mass is 10.1. The Morgan fingerprint density at radius 2 is 2.16 bits per heavy atom. The van der Waals surface area contributed by atoms with Crippen molar-refractivity contribution in [1.29, 1.82) is 0 Å². The Morgan fingerprint density at radius 1 is 1.32 bits per heavy atom. The molecular formula is C15H19N3O. The lowest BCUT2D eigenvalue weighted by Crippen LogP contribution is -2.29. The molecule has 2 aromatic rings. The third-order valence-electron chi connectivity index (χ3n) is 3.14. The van der Waals surface area contributed by atoms with Crippen LogP contribution >= 0.6 is 0 Å². The number of nitrogens with two attached hydrogens (primary N) is 1. The Kier molecular flexibility index (Phi) is 4.36. The highest BCUT2D eigenvalue weighted by atomic mass is 16.2. The maximum atomic E-state index is 12.2. The second-order valence-electron chi connectivity index (χ2n) is 4.58. The van der Waals surface area contributed by atoms with Crippen LogP contribution in [0.2, 0.25) is 0 Å². The Hall–Kier alpha value is -2.07. The van der Waals surface area contributed by atoms with Gasteiger partial charge in [0.2, 0.25) is 0 Å². The average molecular weight is 257 g/mol. The minimum atomic E-state index is 0.0295. The normalized spacial score (nSPS) is 10.4. The molecule has 1 aromatic carbocycles. The van der Waals surface area contributed by atoms with Crippen LogP contribution in [0.5, 0.6) is 0 Å². The van der Waals surface area contributed by atoms with Crippen molar-refractivity contribution < 1.29 is 4.79 Å². The lowest BCUT2D eigenvalue weighted by molar-refractivity contribution is 0.0796. The fourth-order valence-electron chi connectivity index (χ4n) is 1.96. The fourth-order valence-corrected chi connectivity index (χ4v) is 1.96. The summed E-state index contributed by atoms with van der Waals surface area (Å²) in [6, 6.07) is 11.5. The van der Waals surface area contributed by atoms with Crippen LogP contribution in [0.3, 0.4) is 0 Å². The summed E-state index contributed by atoms with van der Waals surface area (Å²) in [6.45, 7) is 1.14. The van der Waals surface area contributed by atoms with Gasteiger partial charge in [-0.1, -0.05) is 12.1 Å². The molecule has 4 nitrogen and oxygen atoms in total. The Morgan fingerprint density at radius 3 is 2.84 bits per heavy atom. The number of nitrogens with zero attached hydrogens (tertiary/aromatic N) is 1. The summed E-state index contributed by atoms with van der Waals surface area (Å²) >= 11 is 0. The Bertz CT molecular complexity index is 534. The van der Waals surface area contributed by atoms with Gasteiger partial charge in [0.25, 0.3) is 5.91 Å². The van der Waals surface area contributed by atoms with E-state index in [1.54, 1.807) is 4.90 Å². The van der Waals surface area contributed by atoms with E-state index >= 15 is 0 Å². The van der Waals surface area contributed by atoms with Crippen molar-refractivity contribution in [2.75, 3.05) is 13.6 Å². The minimum Gasteiger partial charge on any atom is -0.365 e. The van der Waals surface area contributed by atoms with E-state index in [4.69, 9.17) is 5.73 Å². The third-order valence-corrected chi connectivity index (χ3v) is 3.14. The van der Waals surface area contributed by atoms with Gasteiger partial charge in [-0.25, -0.2) is 0 Å². The first kappa shape index (κ1) is 13.4. The number of amides is 1. The predicted molar refractivity (Wildman–Crippen MR) is 75.8 cm³/mol. The molecule has 0 fully saturated rings. The molecule has 19 heavy (non-hydrogen) atoms. The van der Waals surface area contributed by atoms with Gasteiger partial charge in [0, 0.05) is 44.0 Å². The Balaban J connectivity index is 1.97. The topological polar surface area (TPSA) is 62.1 Å². The van der Waals surface area contributed by atoms with Gasteiger partial charge < -0.3 is 15.6 Å². The molecule has 0 aliphatic carbocycles. The van der Waals surface area contributed by atoms with Gasteiger partial charge in [0.05, 0.1) is 0 Å². The standard InChI is InChI=1S/C15H19N3O/c1-18(9-7-14-6-3-8-17-14)15(19)13-5-2-4-12(10-13)11-16/h2-6,8,10,17H,7,9,11,16H2,1H3. The van der Waals surface area contributed by atoms with Crippen LogP contribution in [0.4, 0.5) is 0 Å². The maximum absolute atomic E-state index is 12.2. The van der Waals surface area contributed by atoms with Gasteiger partial charge in [-0.15, -0.1) is 0 Å². The van der Waals surface area contributed by atoms with E-state index in [1.807, 2.05) is 49.6 Å². The number of carbonyl (C=O) groups is 1. The highest BCUT2D eigenvalue weighted by Gasteiger charge is 2.11. The number of aromatic nitrogens is 1. The molecule has 0 saturated carbocycles. The summed E-state index contributed by atoms with van der Waals surface area (Å²) in [6.07, 6.45) is 2.72. The van der Waals surface area contributed by atoms with Gasteiger partial charge in [0.1, 0.15) is 0 Å². The molecule has 0 saturated heterocycles. The second-order valence-corrected chi connectivity index (χ2v) is 4.58. The molecule has 1 heterocycles. The molecule has 0 atom stereocenters. The fraction of sp³-hybridized carbons (Fsp3) is 0.267. The number of aromatic amines is 1. The van der Waals surface area contributed by atoms with Gasteiger partial charge >= 0.3 is 0 Å². The second kappa shape index (κ2) is 6.20. The zero-order valence-corrected chi connectivity index (χ0v) is 11.1. The maximum Gasteiger partial charge on any atom is 0.253 e. The van der Waals surface area contributed by atoms with Crippen molar-refractivity contribution in [3.63, 3.8) is 0 Å². The number of carbonyl (C=O) groups excluding carboxylic acids is 1. The molecule has 0 unspecified atom stereocenters. The Labute approximate surface area is 113 Å². The molecule has 100 valence electrons. The number of rotatable bonds is 5. The molecule has 0 spiro atoms. The van der Waals surface area contributed by atoms with Crippen LogP contribution in [0, 0.1) is 0 Å². The summed E-state index contributed by atoms with van der Waals surface area (Å²) in [5, 5.41) is 0. The highest BCUT2D eigenvalue weighted by molar-refractivity contribution is 5.94. The van der Waals surface area contributed by atoms with Gasteiger partial charge in [-0.3, -0.25) is 4.79 Å². The van der Waals surface area contributed by atoms with Crippen molar-refractivity contribution in [2.45, 2.75) is 13.0 Å². The van der Waals surface area contributed by atoms with Gasteiger partial charge in [0.15, 0.2) is 0 Å². The lowest BCUT2D eigenvalue weighted by Gasteiger charge is -2.17. The van der Waals surface area contributed by atoms with Gasteiger partial charge in [-0.2, -0.15) is 0 Å². The predicted octanol–water partition coefficient (Wildman–Crippen LogP) is 1.79. The molecule has 4 heteroatoms. The van der Waals surface area contributed by atoms with Gasteiger partial charge in [-0.05, 0) is 29.8 Å². The first-order chi connectivity index (χ1) is 9.20. The zero-order valence-electron chi connectivity index (χ0n) is 11.1. The van der Waals surface area contributed by atoms with E-state index in [2.05, 4.69) is 4.98 Å². The molecule has 1 amide bonds. The summed E-state index contributed by atoms with van der Waals surface area (Å²) in [5.74, 6) is 0.0295. The average Bonchev–Trinajstić information content (AvgIpc) is 2.97. The number of hydrogen-bond donors (Lipinski definition) is 2. The van der Waals surface area contributed by atoms with E-state index in [0.717, 1.165) is 17.7 Å². The summed E-state index contributed by atoms with van der Waals surface area (Å²) in [4.78, 5) is 17.1. The molecule has 0 aliphatic rings. The summed E-state index contributed by atoms with van der Waals surface area (Å²) in [7, 11) is 1.82. The van der Waals surface area contributed by atoms with Crippen molar-refractivity contribution in [3.8, 4) is 0 Å². The minimum absolute atomic E-state index is 0.0295. The number of hydrogen-bond acceptors (Lipinski definition) is 2. The molecule has 0 aliphatic heterocycles. The first-order valence-corrected chi connectivity index (χ1v) is 6.37. The largest absolute Gasteiger partial charge is 0.365 e. The van der Waals surface area contributed by atoms with E-state index in [9.17, 15) is 4.79 Å². The zero-order chi connectivity index (χ0) is 13.7. The smallest absolute Gasteiger partial charge is 0.253 e. The SMILES string of the molecule is CN(CCc1ccc[nH]1)C(=O)c1cccc(CN)c1. The van der Waals surface area contributed by atoms with Crippen LogP contribution in [-0.2, 0) is 13.0 Å². The molecule has 3 N–H and O–H groups in total. The molecule has 0 radical (unpaired) electrons. The summed E-state index contributed by atoms with van der Waals surface area (Å²) < 4.78 is 0. The molecule has 2 rings (SSSR count). The van der Waals surface area contributed by atoms with E-state index in [-0.39, 0.29) is 5.91 Å². The molecular weight excluding hydrogens is 238 g/mol. The van der Waals surface area contributed by atoms with Crippen molar-refractivity contribution in [3.05, 3.63) is 59.4 Å². The highest BCUT2D eigenvalue weighted by Crippen LogP contribution is 2.08. The van der Waals surface area contributed by atoms with Crippen LogP contribution in [0.15, 0.2) is 42.6 Å². The van der Waals surface area contributed by atoms with Crippen molar-refractivity contribution in [1.82, 2.24) is 9.88 Å². The number of H-pyrrole nitrogens is 1. The monoisotopic (exact) mass is 257 g/mol. The van der Waals surface area contributed by atoms with Crippen LogP contribution in [0.25, 0.3) is 0 Å². The number of nitrogens with one attached hydrogen (secondary N) is 1. The quantitative estimate of drug-likeness (QED) is 0.857. The summed E-state index contributed by atoms with van der Waals surface area (Å²) in [5.41, 5.74) is 8.39. The molecule has 1 aromatic heterocycles. The van der Waals surface area contributed by atoms with E-state index < -0.39 is 0 Å². The van der Waals surface area contributed by atoms with Crippen LogP contribution < -0.4 is 5.73 Å². The van der Waals surface area contributed by atoms with Crippen LogP contribution in [-0.4, -0.2) is 29.4 Å².